The van der Waals surface area contributed by atoms with Crippen molar-refractivity contribution < 1.29 is 19.1 Å². The standard InChI is InChI=1S/C28H27N3O4S/c1-5-17-9-10-19(16(3)32)26-24(17)15(2)25(36-26)27(33)30-23-12-11-20-21(7-6-8-22(20)29-23)28(34)31-13-18(14-31)35-4/h6-12,18H,5,13-14H2,1-4H3,(H,29,30,33). The lowest BCUT2D eigenvalue weighted by Crippen LogP contribution is -2.54. The van der Waals surface area contributed by atoms with Crippen LogP contribution in [0.4, 0.5) is 5.82 Å². The molecule has 0 spiro atoms. The topological polar surface area (TPSA) is 88.6 Å². The highest BCUT2D eigenvalue weighted by Gasteiger charge is 2.31. The Labute approximate surface area is 213 Å². The van der Waals surface area contributed by atoms with Gasteiger partial charge in [-0.05, 0) is 61.7 Å². The Balaban J connectivity index is 1.45. The summed E-state index contributed by atoms with van der Waals surface area (Å²) in [5, 5.41) is 4.63. The lowest BCUT2D eigenvalue weighted by atomic mass is 9.99. The average molecular weight is 502 g/mol. The van der Waals surface area contributed by atoms with Crippen molar-refractivity contribution in [1.82, 2.24) is 9.88 Å². The molecule has 1 aliphatic rings. The van der Waals surface area contributed by atoms with Gasteiger partial charge in [0, 0.05) is 46.8 Å². The maximum absolute atomic E-state index is 13.3. The molecule has 184 valence electrons. The number of aryl methyl sites for hydroxylation is 2. The molecule has 3 heterocycles. The number of pyridine rings is 1. The van der Waals surface area contributed by atoms with E-state index in [1.54, 1.807) is 37.1 Å². The van der Waals surface area contributed by atoms with Gasteiger partial charge in [0.05, 0.1) is 16.5 Å². The van der Waals surface area contributed by atoms with Crippen LogP contribution < -0.4 is 5.32 Å². The number of fused-ring (bicyclic) bond motifs is 2. The smallest absolute Gasteiger partial charge is 0.267 e. The van der Waals surface area contributed by atoms with E-state index in [1.165, 1.54) is 11.3 Å². The molecule has 5 rings (SSSR count). The molecule has 4 aromatic rings. The van der Waals surface area contributed by atoms with Gasteiger partial charge in [-0.15, -0.1) is 11.3 Å². The highest BCUT2D eigenvalue weighted by Crippen LogP contribution is 2.37. The molecule has 36 heavy (non-hydrogen) atoms. The molecule has 2 aromatic carbocycles. The Bertz CT molecular complexity index is 1540. The van der Waals surface area contributed by atoms with Crippen LogP contribution in [0.2, 0.25) is 0 Å². The van der Waals surface area contributed by atoms with Gasteiger partial charge in [0.15, 0.2) is 5.78 Å². The van der Waals surface area contributed by atoms with Gasteiger partial charge in [0.25, 0.3) is 11.8 Å². The van der Waals surface area contributed by atoms with Crippen LogP contribution in [0.5, 0.6) is 0 Å². The van der Waals surface area contributed by atoms with Crippen molar-refractivity contribution in [2.75, 3.05) is 25.5 Å². The lowest BCUT2D eigenvalue weighted by molar-refractivity contribution is -0.0191. The Morgan fingerprint density at radius 1 is 1.11 bits per heavy atom. The summed E-state index contributed by atoms with van der Waals surface area (Å²) < 4.78 is 6.12. The van der Waals surface area contributed by atoms with Gasteiger partial charge in [-0.2, -0.15) is 0 Å². The van der Waals surface area contributed by atoms with Gasteiger partial charge in [0.2, 0.25) is 0 Å². The fourth-order valence-electron chi connectivity index (χ4n) is 4.73. The summed E-state index contributed by atoms with van der Waals surface area (Å²) in [5.74, 6) is 0.0603. The number of hydrogen-bond donors (Lipinski definition) is 1. The summed E-state index contributed by atoms with van der Waals surface area (Å²) in [6, 6.07) is 12.8. The number of carbonyl (C=O) groups is 3. The molecular weight excluding hydrogens is 474 g/mol. The number of ether oxygens (including phenoxy) is 1. The number of aromatic nitrogens is 1. The first-order valence-electron chi connectivity index (χ1n) is 11.9. The number of carbonyl (C=O) groups excluding carboxylic acids is 3. The average Bonchev–Trinajstić information content (AvgIpc) is 3.19. The number of methoxy groups -OCH3 is 1. The van der Waals surface area contributed by atoms with Crippen molar-refractivity contribution in [2.24, 2.45) is 0 Å². The lowest BCUT2D eigenvalue weighted by Gasteiger charge is -2.38. The third-order valence-corrected chi connectivity index (χ3v) is 8.13. The molecule has 8 heteroatoms. The third-order valence-electron chi connectivity index (χ3n) is 6.80. The van der Waals surface area contributed by atoms with Gasteiger partial charge in [0.1, 0.15) is 5.82 Å². The predicted molar refractivity (Wildman–Crippen MR) is 142 cm³/mol. The SMILES string of the molecule is CCc1ccc(C(C)=O)c2sc(C(=O)Nc3ccc4c(C(=O)N5CC(OC)C5)cccc4n3)c(C)c12. The number of anilines is 1. The van der Waals surface area contributed by atoms with Crippen LogP contribution in [0, 0.1) is 6.92 Å². The molecule has 0 atom stereocenters. The number of amides is 2. The van der Waals surface area contributed by atoms with Crippen LogP contribution in [0.3, 0.4) is 0 Å². The highest BCUT2D eigenvalue weighted by molar-refractivity contribution is 7.21. The van der Waals surface area contributed by atoms with E-state index in [0.29, 0.717) is 40.4 Å². The first kappa shape index (κ1) is 24.1. The Morgan fingerprint density at radius 2 is 1.89 bits per heavy atom. The Hall–Kier alpha value is -3.62. The highest BCUT2D eigenvalue weighted by atomic mass is 32.1. The van der Waals surface area contributed by atoms with Gasteiger partial charge in [-0.3, -0.25) is 14.4 Å². The summed E-state index contributed by atoms with van der Waals surface area (Å²) >= 11 is 1.34. The number of nitrogens with one attached hydrogen (secondary N) is 1. The monoisotopic (exact) mass is 501 g/mol. The summed E-state index contributed by atoms with van der Waals surface area (Å²) in [7, 11) is 1.65. The molecule has 7 nitrogen and oxygen atoms in total. The van der Waals surface area contributed by atoms with E-state index in [1.807, 2.05) is 31.2 Å². The molecule has 0 unspecified atom stereocenters. The minimum atomic E-state index is -0.268. The molecule has 2 amide bonds. The first-order valence-corrected chi connectivity index (χ1v) is 12.7. The summed E-state index contributed by atoms with van der Waals surface area (Å²) in [6.45, 7) is 6.69. The van der Waals surface area contributed by atoms with Crippen molar-refractivity contribution in [3.8, 4) is 0 Å². The molecule has 0 radical (unpaired) electrons. The molecule has 0 aliphatic carbocycles. The van der Waals surface area contributed by atoms with Gasteiger partial charge in [-0.1, -0.05) is 19.1 Å². The van der Waals surface area contributed by atoms with Crippen molar-refractivity contribution in [2.45, 2.75) is 33.3 Å². The molecule has 1 aliphatic heterocycles. The van der Waals surface area contributed by atoms with Crippen LogP contribution in [-0.4, -0.2) is 53.8 Å². The first-order chi connectivity index (χ1) is 17.3. The van der Waals surface area contributed by atoms with Gasteiger partial charge in [-0.25, -0.2) is 4.98 Å². The zero-order chi connectivity index (χ0) is 25.6. The second-order valence-electron chi connectivity index (χ2n) is 9.03. The van der Waals surface area contributed by atoms with Crippen LogP contribution in [0.25, 0.3) is 21.0 Å². The third kappa shape index (κ3) is 4.06. The number of rotatable bonds is 6. The molecule has 0 bridgehead atoms. The molecular formula is C28H27N3O4S. The minimum absolute atomic E-state index is 0.0200. The normalized spacial score (nSPS) is 13.7. The molecule has 1 saturated heterocycles. The predicted octanol–water partition coefficient (Wildman–Crippen LogP) is 5.25. The van der Waals surface area contributed by atoms with E-state index >= 15 is 0 Å². The summed E-state index contributed by atoms with van der Waals surface area (Å²) in [5.41, 5.74) is 3.82. The Morgan fingerprint density at radius 3 is 2.58 bits per heavy atom. The number of benzene rings is 2. The van der Waals surface area contributed by atoms with Crippen LogP contribution in [0.1, 0.15) is 55.4 Å². The zero-order valence-corrected chi connectivity index (χ0v) is 21.5. The summed E-state index contributed by atoms with van der Waals surface area (Å²) in [6.07, 6.45) is 0.894. The maximum atomic E-state index is 13.3. The van der Waals surface area contributed by atoms with Gasteiger partial charge >= 0.3 is 0 Å². The number of thiophene rings is 1. The van der Waals surface area contributed by atoms with E-state index < -0.39 is 0 Å². The number of Topliss-reactive ketones (excluding diaryl/α,β-unsaturated/α-hetero) is 1. The van der Waals surface area contributed by atoms with Crippen LogP contribution in [0.15, 0.2) is 42.5 Å². The van der Waals surface area contributed by atoms with Crippen molar-refractivity contribution in [3.63, 3.8) is 0 Å². The second kappa shape index (κ2) is 9.44. The Kier molecular flexibility index (Phi) is 6.32. The fourth-order valence-corrected chi connectivity index (χ4v) is 6.04. The van der Waals surface area contributed by atoms with Crippen LogP contribution >= 0.6 is 11.3 Å². The fraction of sp³-hybridized carbons (Fsp3) is 0.286. The number of ketones is 1. The van der Waals surface area contributed by atoms with E-state index in [9.17, 15) is 14.4 Å². The largest absolute Gasteiger partial charge is 0.378 e. The van der Waals surface area contributed by atoms with Crippen molar-refractivity contribution in [1.29, 1.82) is 0 Å². The minimum Gasteiger partial charge on any atom is -0.378 e. The molecule has 1 fully saturated rings. The maximum Gasteiger partial charge on any atom is 0.267 e. The zero-order valence-electron chi connectivity index (χ0n) is 20.7. The molecule has 2 aromatic heterocycles. The van der Waals surface area contributed by atoms with Crippen molar-refractivity contribution >= 4 is 55.7 Å². The van der Waals surface area contributed by atoms with E-state index in [2.05, 4.69) is 17.2 Å². The number of hydrogen-bond acceptors (Lipinski definition) is 6. The van der Waals surface area contributed by atoms with E-state index in [4.69, 9.17) is 4.74 Å². The molecule has 0 saturated carbocycles. The van der Waals surface area contributed by atoms with Crippen LogP contribution in [-0.2, 0) is 11.2 Å². The second-order valence-corrected chi connectivity index (χ2v) is 10.1. The van der Waals surface area contributed by atoms with Crippen molar-refractivity contribution in [3.05, 3.63) is 69.6 Å². The molecule has 1 N–H and O–H groups in total. The summed E-state index contributed by atoms with van der Waals surface area (Å²) in [4.78, 5) is 45.4. The van der Waals surface area contributed by atoms with E-state index in [-0.39, 0.29) is 23.7 Å². The quantitative estimate of drug-likeness (QED) is 0.365. The van der Waals surface area contributed by atoms with Gasteiger partial charge < -0.3 is 15.0 Å². The van der Waals surface area contributed by atoms with E-state index in [0.717, 1.165) is 33.0 Å². The number of nitrogens with zero attached hydrogens (tertiary/aromatic N) is 2. The number of likely N-dealkylation sites (tertiary alicyclic amines) is 1.